The van der Waals surface area contributed by atoms with E-state index >= 15 is 0 Å². The standard InChI is InChI=1S/C14H21NO3/c1-11-4-3-5-12(8-11)6-7-15-10-13(16)9-14(17)18-2/h3-5,8,13,15-16H,6-7,9-10H2,1-2H3. The highest BCUT2D eigenvalue weighted by molar-refractivity contribution is 5.69. The van der Waals surface area contributed by atoms with Gasteiger partial charge in [-0.05, 0) is 25.5 Å². The second kappa shape index (κ2) is 7.84. The maximum Gasteiger partial charge on any atom is 0.308 e. The van der Waals surface area contributed by atoms with Crippen molar-refractivity contribution in [1.82, 2.24) is 5.32 Å². The molecule has 0 radical (unpaired) electrons. The topological polar surface area (TPSA) is 58.6 Å². The van der Waals surface area contributed by atoms with Gasteiger partial charge in [-0.2, -0.15) is 0 Å². The molecule has 0 amide bonds. The first-order valence-electron chi connectivity index (χ1n) is 6.13. The molecular formula is C14H21NO3. The molecule has 1 aromatic carbocycles. The molecule has 0 aromatic heterocycles. The average Bonchev–Trinajstić information content (AvgIpc) is 2.34. The van der Waals surface area contributed by atoms with Gasteiger partial charge in [-0.3, -0.25) is 4.79 Å². The third-order valence-corrected chi connectivity index (χ3v) is 2.68. The number of rotatable bonds is 7. The number of hydrogen-bond donors (Lipinski definition) is 2. The number of esters is 1. The first-order chi connectivity index (χ1) is 8.61. The van der Waals surface area contributed by atoms with Crippen molar-refractivity contribution in [3.8, 4) is 0 Å². The van der Waals surface area contributed by atoms with E-state index in [9.17, 15) is 9.90 Å². The molecule has 1 rings (SSSR count). The second-order valence-corrected chi connectivity index (χ2v) is 4.38. The predicted octanol–water partition coefficient (Wildman–Crippen LogP) is 1.05. The number of aliphatic hydroxyl groups is 1. The molecule has 0 aliphatic rings. The van der Waals surface area contributed by atoms with Crippen molar-refractivity contribution < 1.29 is 14.6 Å². The fourth-order valence-corrected chi connectivity index (χ4v) is 1.72. The van der Waals surface area contributed by atoms with Gasteiger partial charge < -0.3 is 15.2 Å². The Balaban J connectivity index is 2.17. The monoisotopic (exact) mass is 251 g/mol. The number of ether oxygens (including phenoxy) is 1. The van der Waals surface area contributed by atoms with Crippen LogP contribution in [0.25, 0.3) is 0 Å². The SMILES string of the molecule is COC(=O)CC(O)CNCCc1cccc(C)c1. The number of benzene rings is 1. The maximum absolute atomic E-state index is 10.9. The Hall–Kier alpha value is -1.39. The van der Waals surface area contributed by atoms with Crippen LogP contribution in [0.3, 0.4) is 0 Å². The van der Waals surface area contributed by atoms with Gasteiger partial charge in [0.2, 0.25) is 0 Å². The molecule has 2 N–H and O–H groups in total. The summed E-state index contributed by atoms with van der Waals surface area (Å²) in [7, 11) is 1.32. The number of methoxy groups -OCH3 is 1. The quantitative estimate of drug-likeness (QED) is 0.562. The van der Waals surface area contributed by atoms with Gasteiger partial charge in [-0.15, -0.1) is 0 Å². The minimum Gasteiger partial charge on any atom is -0.469 e. The normalized spacial score (nSPS) is 12.2. The summed E-state index contributed by atoms with van der Waals surface area (Å²) in [4.78, 5) is 10.9. The number of aryl methyl sites for hydroxylation is 1. The molecule has 0 saturated carbocycles. The highest BCUT2D eigenvalue weighted by atomic mass is 16.5. The van der Waals surface area contributed by atoms with Crippen LogP contribution in [0.4, 0.5) is 0 Å². The van der Waals surface area contributed by atoms with Crippen LogP contribution in [0.1, 0.15) is 17.5 Å². The van der Waals surface area contributed by atoms with Gasteiger partial charge in [0, 0.05) is 6.54 Å². The molecule has 0 fully saturated rings. The molecule has 4 heteroatoms. The highest BCUT2D eigenvalue weighted by Gasteiger charge is 2.09. The number of carbonyl (C=O) groups is 1. The zero-order valence-corrected chi connectivity index (χ0v) is 11.0. The van der Waals surface area contributed by atoms with Gasteiger partial charge in [0.25, 0.3) is 0 Å². The van der Waals surface area contributed by atoms with Gasteiger partial charge in [0.1, 0.15) is 0 Å². The Labute approximate surface area is 108 Å². The van der Waals surface area contributed by atoms with E-state index in [-0.39, 0.29) is 12.4 Å². The zero-order valence-electron chi connectivity index (χ0n) is 11.0. The summed E-state index contributed by atoms with van der Waals surface area (Å²) in [5.74, 6) is -0.386. The molecule has 0 aliphatic heterocycles. The van der Waals surface area contributed by atoms with Crippen LogP contribution in [-0.4, -0.2) is 37.4 Å². The summed E-state index contributed by atoms with van der Waals surface area (Å²) in [6.45, 7) is 3.25. The molecule has 0 saturated heterocycles. The van der Waals surface area contributed by atoms with E-state index in [0.29, 0.717) is 6.54 Å². The molecule has 0 aliphatic carbocycles. The lowest BCUT2D eigenvalue weighted by Gasteiger charge is -2.10. The lowest BCUT2D eigenvalue weighted by molar-refractivity contribution is -0.142. The Morgan fingerprint density at radius 3 is 2.94 bits per heavy atom. The number of carbonyl (C=O) groups excluding carboxylic acids is 1. The third kappa shape index (κ3) is 5.80. The lowest BCUT2D eigenvalue weighted by Crippen LogP contribution is -2.30. The molecule has 0 spiro atoms. The van der Waals surface area contributed by atoms with Crippen LogP contribution in [0, 0.1) is 6.92 Å². The first kappa shape index (κ1) is 14.7. The molecule has 1 unspecified atom stereocenters. The average molecular weight is 251 g/mol. The minimum atomic E-state index is -0.685. The van der Waals surface area contributed by atoms with E-state index in [1.165, 1.54) is 18.2 Å². The van der Waals surface area contributed by atoms with E-state index in [4.69, 9.17) is 0 Å². The van der Waals surface area contributed by atoms with Crippen LogP contribution in [0.2, 0.25) is 0 Å². The van der Waals surface area contributed by atoms with Crippen molar-refractivity contribution in [2.24, 2.45) is 0 Å². The predicted molar refractivity (Wildman–Crippen MR) is 70.4 cm³/mol. The van der Waals surface area contributed by atoms with Gasteiger partial charge in [-0.25, -0.2) is 0 Å². The third-order valence-electron chi connectivity index (χ3n) is 2.68. The van der Waals surface area contributed by atoms with Crippen molar-refractivity contribution in [1.29, 1.82) is 0 Å². The van der Waals surface area contributed by atoms with E-state index in [2.05, 4.69) is 35.2 Å². The van der Waals surface area contributed by atoms with Crippen molar-refractivity contribution in [3.63, 3.8) is 0 Å². The number of hydrogen-bond acceptors (Lipinski definition) is 4. The Morgan fingerprint density at radius 1 is 1.50 bits per heavy atom. The van der Waals surface area contributed by atoms with Gasteiger partial charge in [0.05, 0.1) is 19.6 Å². The summed E-state index contributed by atoms with van der Waals surface area (Å²) in [5, 5.41) is 12.7. The van der Waals surface area contributed by atoms with Crippen LogP contribution in [0.15, 0.2) is 24.3 Å². The van der Waals surface area contributed by atoms with Crippen molar-refractivity contribution >= 4 is 5.97 Å². The Morgan fingerprint density at radius 2 is 2.28 bits per heavy atom. The van der Waals surface area contributed by atoms with E-state index < -0.39 is 6.10 Å². The highest BCUT2D eigenvalue weighted by Crippen LogP contribution is 2.03. The van der Waals surface area contributed by atoms with Crippen LogP contribution in [0.5, 0.6) is 0 Å². The maximum atomic E-state index is 10.9. The molecular weight excluding hydrogens is 230 g/mol. The van der Waals surface area contributed by atoms with Crippen LogP contribution in [-0.2, 0) is 16.0 Å². The van der Waals surface area contributed by atoms with Crippen molar-refractivity contribution in [2.75, 3.05) is 20.2 Å². The van der Waals surface area contributed by atoms with E-state index in [1.54, 1.807) is 0 Å². The first-order valence-corrected chi connectivity index (χ1v) is 6.13. The summed E-state index contributed by atoms with van der Waals surface area (Å²) in [6.07, 6.45) is 0.260. The van der Waals surface area contributed by atoms with Gasteiger partial charge in [-0.1, -0.05) is 29.8 Å². The fourth-order valence-electron chi connectivity index (χ4n) is 1.72. The fraction of sp³-hybridized carbons (Fsp3) is 0.500. The molecule has 100 valence electrons. The van der Waals surface area contributed by atoms with Gasteiger partial charge >= 0.3 is 5.97 Å². The molecule has 4 nitrogen and oxygen atoms in total. The Kier molecular flexibility index (Phi) is 6.39. The summed E-state index contributed by atoms with van der Waals surface area (Å²) >= 11 is 0. The van der Waals surface area contributed by atoms with E-state index in [0.717, 1.165) is 13.0 Å². The summed E-state index contributed by atoms with van der Waals surface area (Å²) < 4.78 is 4.48. The number of aliphatic hydroxyl groups excluding tert-OH is 1. The molecule has 1 atom stereocenters. The van der Waals surface area contributed by atoms with Gasteiger partial charge in [0.15, 0.2) is 0 Å². The minimum absolute atomic E-state index is 0.0357. The van der Waals surface area contributed by atoms with Crippen LogP contribution >= 0.6 is 0 Å². The summed E-state index contributed by atoms with van der Waals surface area (Å²) in [6, 6.07) is 8.33. The summed E-state index contributed by atoms with van der Waals surface area (Å²) in [5.41, 5.74) is 2.52. The van der Waals surface area contributed by atoms with Crippen molar-refractivity contribution in [2.45, 2.75) is 25.9 Å². The van der Waals surface area contributed by atoms with Crippen molar-refractivity contribution in [3.05, 3.63) is 35.4 Å². The zero-order chi connectivity index (χ0) is 13.4. The molecule has 18 heavy (non-hydrogen) atoms. The largest absolute Gasteiger partial charge is 0.469 e. The lowest BCUT2D eigenvalue weighted by atomic mass is 10.1. The van der Waals surface area contributed by atoms with Crippen LogP contribution < -0.4 is 5.32 Å². The second-order valence-electron chi connectivity index (χ2n) is 4.38. The molecule has 1 aromatic rings. The van der Waals surface area contributed by atoms with E-state index in [1.807, 2.05) is 6.07 Å². The molecule has 0 heterocycles. The number of nitrogens with one attached hydrogen (secondary N) is 1. The molecule has 0 bridgehead atoms. The Bertz CT molecular complexity index is 379. The smallest absolute Gasteiger partial charge is 0.308 e.